The minimum Gasteiger partial charge on any atom is -0.492 e. The van der Waals surface area contributed by atoms with Crippen LogP contribution in [0.5, 0.6) is 5.75 Å². The van der Waals surface area contributed by atoms with Gasteiger partial charge in [0.15, 0.2) is 0 Å². The summed E-state index contributed by atoms with van der Waals surface area (Å²) in [6, 6.07) is 2.78. The highest BCUT2D eigenvalue weighted by Crippen LogP contribution is 2.22. The average molecular weight is 248 g/mol. The van der Waals surface area contributed by atoms with E-state index in [1.807, 2.05) is 12.4 Å². The summed E-state index contributed by atoms with van der Waals surface area (Å²) in [6.07, 6.45) is 11.3. The molecular weight excluding hydrogens is 224 g/mol. The molecule has 0 spiro atoms. The zero-order valence-corrected chi connectivity index (χ0v) is 11.3. The van der Waals surface area contributed by atoms with E-state index in [0.29, 0.717) is 0 Å². The summed E-state index contributed by atoms with van der Waals surface area (Å²) < 4.78 is 5.83. The van der Waals surface area contributed by atoms with Gasteiger partial charge in [0.25, 0.3) is 0 Å². The molecule has 0 aromatic carbocycles. The van der Waals surface area contributed by atoms with Gasteiger partial charge in [-0.1, -0.05) is 26.2 Å². The van der Waals surface area contributed by atoms with Gasteiger partial charge in [-0.2, -0.15) is 0 Å². The van der Waals surface area contributed by atoms with Crippen LogP contribution in [-0.4, -0.2) is 17.6 Å². The molecule has 0 bridgehead atoms. The first-order valence-electron chi connectivity index (χ1n) is 7.19. The molecule has 18 heavy (non-hydrogen) atoms. The van der Waals surface area contributed by atoms with Crippen LogP contribution in [0.3, 0.4) is 0 Å². The standard InChI is InChI=1S/C15H24N2O/c1-2-3-4-5-10-18-15-12-16-9-8-13(15)11-17-14-6-7-14/h8-9,12,14,17H,2-7,10-11H2,1H3. The minimum absolute atomic E-state index is 0.732. The largest absolute Gasteiger partial charge is 0.492 e. The Balaban J connectivity index is 1.74. The molecule has 0 atom stereocenters. The number of unbranched alkanes of at least 4 members (excludes halogenated alkanes) is 3. The van der Waals surface area contributed by atoms with Crippen LogP contribution >= 0.6 is 0 Å². The van der Waals surface area contributed by atoms with Crippen LogP contribution in [0.15, 0.2) is 18.5 Å². The van der Waals surface area contributed by atoms with Crippen molar-refractivity contribution in [3.8, 4) is 5.75 Å². The average Bonchev–Trinajstić information content (AvgIpc) is 3.21. The Bertz CT molecular complexity index is 350. The molecule has 1 saturated carbocycles. The van der Waals surface area contributed by atoms with Crippen LogP contribution in [0.2, 0.25) is 0 Å². The smallest absolute Gasteiger partial charge is 0.142 e. The molecule has 3 heteroatoms. The molecule has 1 aliphatic rings. The number of hydrogen-bond donors (Lipinski definition) is 1. The molecule has 1 aromatic heterocycles. The van der Waals surface area contributed by atoms with Gasteiger partial charge < -0.3 is 10.1 Å². The summed E-state index contributed by atoms with van der Waals surface area (Å²) in [5.41, 5.74) is 1.23. The fourth-order valence-electron chi connectivity index (χ4n) is 1.94. The predicted octanol–water partition coefficient (Wildman–Crippen LogP) is 3.29. The van der Waals surface area contributed by atoms with Crippen molar-refractivity contribution in [2.75, 3.05) is 6.61 Å². The van der Waals surface area contributed by atoms with E-state index in [9.17, 15) is 0 Å². The first-order valence-corrected chi connectivity index (χ1v) is 7.19. The molecule has 0 unspecified atom stereocenters. The Kier molecular flexibility index (Phi) is 5.46. The summed E-state index contributed by atoms with van der Waals surface area (Å²) >= 11 is 0. The van der Waals surface area contributed by atoms with Gasteiger partial charge in [0.1, 0.15) is 5.75 Å². The SMILES string of the molecule is CCCCCCOc1cnccc1CNC1CC1. The van der Waals surface area contributed by atoms with Crippen molar-refractivity contribution in [3.05, 3.63) is 24.0 Å². The zero-order valence-electron chi connectivity index (χ0n) is 11.3. The predicted molar refractivity (Wildman–Crippen MR) is 73.7 cm³/mol. The van der Waals surface area contributed by atoms with E-state index in [2.05, 4.69) is 23.3 Å². The van der Waals surface area contributed by atoms with Gasteiger partial charge in [-0.15, -0.1) is 0 Å². The third-order valence-corrected chi connectivity index (χ3v) is 3.28. The molecule has 1 aliphatic carbocycles. The molecule has 0 saturated heterocycles. The number of ether oxygens (including phenoxy) is 1. The molecule has 1 heterocycles. The Labute approximate surface area is 110 Å². The first kappa shape index (κ1) is 13.3. The molecule has 2 rings (SSSR count). The number of aromatic nitrogens is 1. The van der Waals surface area contributed by atoms with Crippen LogP contribution < -0.4 is 10.1 Å². The highest BCUT2D eigenvalue weighted by molar-refractivity contribution is 5.29. The Morgan fingerprint density at radius 1 is 1.33 bits per heavy atom. The van der Waals surface area contributed by atoms with E-state index in [0.717, 1.165) is 31.4 Å². The topological polar surface area (TPSA) is 34.1 Å². The summed E-state index contributed by atoms with van der Waals surface area (Å²) in [7, 11) is 0. The number of nitrogens with zero attached hydrogens (tertiary/aromatic N) is 1. The van der Waals surface area contributed by atoms with Crippen molar-refractivity contribution >= 4 is 0 Å². The number of pyridine rings is 1. The van der Waals surface area contributed by atoms with E-state index < -0.39 is 0 Å². The van der Waals surface area contributed by atoms with Crippen LogP contribution in [-0.2, 0) is 6.54 Å². The highest BCUT2D eigenvalue weighted by atomic mass is 16.5. The van der Waals surface area contributed by atoms with Gasteiger partial charge in [0, 0.05) is 24.3 Å². The normalized spacial score (nSPS) is 14.7. The molecule has 0 radical (unpaired) electrons. The van der Waals surface area contributed by atoms with E-state index in [4.69, 9.17) is 4.74 Å². The van der Waals surface area contributed by atoms with E-state index >= 15 is 0 Å². The number of nitrogens with one attached hydrogen (secondary N) is 1. The maximum absolute atomic E-state index is 5.83. The number of rotatable bonds is 9. The van der Waals surface area contributed by atoms with Gasteiger partial charge in [-0.05, 0) is 25.3 Å². The molecule has 0 aliphatic heterocycles. The van der Waals surface area contributed by atoms with Crippen LogP contribution in [0, 0.1) is 0 Å². The molecule has 100 valence electrons. The fourth-order valence-corrected chi connectivity index (χ4v) is 1.94. The molecule has 1 fully saturated rings. The maximum Gasteiger partial charge on any atom is 0.142 e. The molecule has 1 N–H and O–H groups in total. The third kappa shape index (κ3) is 4.65. The molecular formula is C15H24N2O. The lowest BCUT2D eigenvalue weighted by Crippen LogP contribution is -2.16. The summed E-state index contributed by atoms with van der Waals surface area (Å²) in [6.45, 7) is 3.93. The van der Waals surface area contributed by atoms with E-state index in [1.54, 1.807) is 0 Å². The maximum atomic E-state index is 5.83. The second kappa shape index (κ2) is 7.37. The van der Waals surface area contributed by atoms with E-state index in [1.165, 1.54) is 37.7 Å². The van der Waals surface area contributed by atoms with Crippen molar-refractivity contribution < 1.29 is 4.74 Å². The van der Waals surface area contributed by atoms with Crippen molar-refractivity contribution in [2.45, 2.75) is 58.0 Å². The highest BCUT2D eigenvalue weighted by Gasteiger charge is 2.20. The Morgan fingerprint density at radius 2 is 2.22 bits per heavy atom. The van der Waals surface area contributed by atoms with Crippen LogP contribution in [0.25, 0.3) is 0 Å². The van der Waals surface area contributed by atoms with Crippen LogP contribution in [0.4, 0.5) is 0 Å². The quantitative estimate of drug-likeness (QED) is 0.681. The molecule has 1 aromatic rings. The van der Waals surface area contributed by atoms with Gasteiger partial charge >= 0.3 is 0 Å². The Hall–Kier alpha value is -1.09. The van der Waals surface area contributed by atoms with Crippen molar-refractivity contribution in [1.29, 1.82) is 0 Å². The molecule has 0 amide bonds. The van der Waals surface area contributed by atoms with E-state index in [-0.39, 0.29) is 0 Å². The van der Waals surface area contributed by atoms with Crippen molar-refractivity contribution in [2.24, 2.45) is 0 Å². The number of hydrogen-bond acceptors (Lipinski definition) is 3. The van der Waals surface area contributed by atoms with Crippen LogP contribution in [0.1, 0.15) is 51.0 Å². The van der Waals surface area contributed by atoms with Crippen molar-refractivity contribution in [1.82, 2.24) is 10.3 Å². The van der Waals surface area contributed by atoms with Crippen molar-refractivity contribution in [3.63, 3.8) is 0 Å². The first-order chi connectivity index (χ1) is 8.90. The second-order valence-corrected chi connectivity index (χ2v) is 5.05. The third-order valence-electron chi connectivity index (χ3n) is 3.28. The summed E-state index contributed by atoms with van der Waals surface area (Å²) in [5, 5.41) is 3.52. The van der Waals surface area contributed by atoms with Gasteiger partial charge in [-0.25, -0.2) is 0 Å². The monoisotopic (exact) mass is 248 g/mol. The summed E-state index contributed by atoms with van der Waals surface area (Å²) in [4.78, 5) is 4.15. The molecule has 3 nitrogen and oxygen atoms in total. The van der Waals surface area contributed by atoms with Gasteiger partial charge in [0.2, 0.25) is 0 Å². The second-order valence-electron chi connectivity index (χ2n) is 5.05. The minimum atomic E-state index is 0.732. The lowest BCUT2D eigenvalue weighted by Gasteiger charge is -2.11. The lowest BCUT2D eigenvalue weighted by atomic mass is 10.2. The Morgan fingerprint density at radius 3 is 3.00 bits per heavy atom. The van der Waals surface area contributed by atoms with Gasteiger partial charge in [-0.3, -0.25) is 4.98 Å². The lowest BCUT2D eigenvalue weighted by molar-refractivity contribution is 0.300. The van der Waals surface area contributed by atoms with Gasteiger partial charge in [0.05, 0.1) is 12.8 Å². The zero-order chi connectivity index (χ0) is 12.6. The summed E-state index contributed by atoms with van der Waals surface area (Å²) in [5.74, 6) is 0.946. The fraction of sp³-hybridized carbons (Fsp3) is 0.667.